The zero-order chi connectivity index (χ0) is 18.7. The van der Waals surface area contributed by atoms with E-state index in [1.807, 2.05) is 0 Å². The molecule has 2 unspecified atom stereocenters. The van der Waals surface area contributed by atoms with Crippen LogP contribution in [0.25, 0.3) is 0 Å². The van der Waals surface area contributed by atoms with Crippen LogP contribution >= 0.6 is 0 Å². The lowest BCUT2D eigenvalue weighted by molar-refractivity contribution is 0.469. The van der Waals surface area contributed by atoms with Gasteiger partial charge in [-0.3, -0.25) is 0 Å². The molecular weight excluding hydrogens is 330 g/mol. The fraction of sp³-hybridized carbons (Fsp3) is 0.333. The Balaban J connectivity index is 2.15. The minimum Gasteiger partial charge on any atom is -0.384 e. The summed E-state index contributed by atoms with van der Waals surface area (Å²) in [6.45, 7) is 11.7. The maximum absolute atomic E-state index is 2.74. The monoisotopic (exact) mass is 361 g/mol. The molecule has 1 aliphatic rings. The van der Waals surface area contributed by atoms with E-state index in [2.05, 4.69) is 118 Å². The summed E-state index contributed by atoms with van der Waals surface area (Å²) in [6, 6.07) is 22.0. The van der Waals surface area contributed by atoms with Gasteiger partial charge in [-0.05, 0) is 34.7 Å². The zero-order valence-corrected chi connectivity index (χ0v) is 17.8. The second-order valence-electron chi connectivity index (χ2n) is 7.97. The average Bonchev–Trinajstić information content (AvgIpc) is 3.10. The van der Waals surface area contributed by atoms with Crippen LogP contribution in [-0.4, -0.2) is 14.5 Å². The largest absolute Gasteiger partial charge is 0.384 e. The summed E-state index contributed by atoms with van der Waals surface area (Å²) in [6.07, 6.45) is 7.33. The molecule has 0 aliphatic heterocycles. The highest BCUT2D eigenvalue weighted by molar-refractivity contribution is 6.76. The standard InChI is InChI=1S/C24H31NSi/c1-19(2)21-16-17-24(18-21,20(3)4)25(22-12-8-6-9-13-22)26(5)23-14-10-7-11-15-23/h6-20,26H,1-5H3. The topological polar surface area (TPSA) is 3.24 Å². The van der Waals surface area contributed by atoms with Crippen molar-refractivity contribution >= 4 is 19.8 Å². The van der Waals surface area contributed by atoms with E-state index in [-0.39, 0.29) is 5.54 Å². The number of hydrogen-bond donors (Lipinski definition) is 0. The molecule has 0 amide bonds. The van der Waals surface area contributed by atoms with Gasteiger partial charge in [0.15, 0.2) is 8.96 Å². The Morgan fingerprint density at radius 2 is 1.42 bits per heavy atom. The van der Waals surface area contributed by atoms with Crippen molar-refractivity contribution in [3.8, 4) is 0 Å². The molecule has 3 rings (SSSR count). The summed E-state index contributed by atoms with van der Waals surface area (Å²) in [7, 11) is -1.40. The number of benzene rings is 2. The summed E-state index contributed by atoms with van der Waals surface area (Å²) < 4.78 is 2.74. The summed E-state index contributed by atoms with van der Waals surface area (Å²) in [4.78, 5) is 0. The first-order valence-electron chi connectivity index (χ1n) is 9.77. The van der Waals surface area contributed by atoms with E-state index in [1.54, 1.807) is 0 Å². The van der Waals surface area contributed by atoms with Gasteiger partial charge in [-0.2, -0.15) is 0 Å². The van der Waals surface area contributed by atoms with Crippen molar-refractivity contribution in [1.29, 1.82) is 0 Å². The highest BCUT2D eigenvalue weighted by Crippen LogP contribution is 2.39. The second-order valence-corrected chi connectivity index (χ2v) is 10.5. The predicted molar refractivity (Wildman–Crippen MR) is 118 cm³/mol. The minimum absolute atomic E-state index is 0.0531. The smallest absolute Gasteiger partial charge is 0.170 e. The highest BCUT2D eigenvalue weighted by Gasteiger charge is 2.41. The molecule has 2 heteroatoms. The van der Waals surface area contributed by atoms with Crippen LogP contribution in [0.2, 0.25) is 6.55 Å². The van der Waals surface area contributed by atoms with Crippen LogP contribution in [0.1, 0.15) is 27.7 Å². The zero-order valence-electron chi connectivity index (χ0n) is 16.7. The minimum atomic E-state index is -1.40. The Kier molecular flexibility index (Phi) is 5.52. The van der Waals surface area contributed by atoms with Crippen LogP contribution in [0.4, 0.5) is 5.69 Å². The summed E-state index contributed by atoms with van der Waals surface area (Å²) in [5.74, 6) is 1.05. The molecule has 0 heterocycles. The van der Waals surface area contributed by atoms with E-state index in [0.717, 1.165) is 0 Å². The number of nitrogens with zero attached hydrogens (tertiary/aromatic N) is 1. The Morgan fingerprint density at radius 1 is 0.846 bits per heavy atom. The van der Waals surface area contributed by atoms with E-state index in [9.17, 15) is 0 Å². The quantitative estimate of drug-likeness (QED) is 0.631. The number of anilines is 1. The summed E-state index contributed by atoms with van der Waals surface area (Å²) in [5.41, 5.74) is 2.73. The van der Waals surface area contributed by atoms with Crippen LogP contribution in [0, 0.1) is 11.8 Å². The Hall–Kier alpha value is -2.06. The van der Waals surface area contributed by atoms with Crippen molar-refractivity contribution in [3.63, 3.8) is 0 Å². The van der Waals surface area contributed by atoms with Crippen LogP contribution in [-0.2, 0) is 0 Å². The molecule has 1 nitrogen and oxygen atoms in total. The lowest BCUT2D eigenvalue weighted by atomic mass is 9.86. The summed E-state index contributed by atoms with van der Waals surface area (Å²) >= 11 is 0. The molecule has 0 aromatic heterocycles. The molecule has 0 spiro atoms. The van der Waals surface area contributed by atoms with Crippen LogP contribution in [0.15, 0.2) is 84.5 Å². The Morgan fingerprint density at radius 3 is 1.92 bits per heavy atom. The van der Waals surface area contributed by atoms with Gasteiger partial charge in [0.25, 0.3) is 0 Å². The SMILES string of the molecule is CC(C)C1=CC(C(C)C)(N(c2ccccc2)[SiH](C)c2ccccc2)C=C1. The molecule has 0 fully saturated rings. The van der Waals surface area contributed by atoms with Crippen molar-refractivity contribution in [3.05, 3.63) is 84.5 Å². The third-order valence-corrected chi connectivity index (χ3v) is 8.52. The van der Waals surface area contributed by atoms with Gasteiger partial charge in [0.1, 0.15) is 0 Å². The number of para-hydroxylation sites is 1. The maximum Gasteiger partial charge on any atom is 0.170 e. The molecule has 2 aromatic carbocycles. The predicted octanol–water partition coefficient (Wildman–Crippen LogP) is 5.30. The first kappa shape index (κ1) is 18.7. The van der Waals surface area contributed by atoms with Gasteiger partial charge >= 0.3 is 0 Å². The number of allylic oxidation sites excluding steroid dienone is 2. The van der Waals surface area contributed by atoms with E-state index >= 15 is 0 Å². The second kappa shape index (κ2) is 7.67. The summed E-state index contributed by atoms with van der Waals surface area (Å²) in [5, 5.41) is 1.48. The molecular formula is C24H31NSi. The van der Waals surface area contributed by atoms with Gasteiger partial charge in [-0.25, -0.2) is 0 Å². The van der Waals surface area contributed by atoms with E-state index < -0.39 is 8.96 Å². The fourth-order valence-electron chi connectivity index (χ4n) is 3.99. The van der Waals surface area contributed by atoms with E-state index in [4.69, 9.17) is 0 Å². The molecule has 0 saturated heterocycles. The Labute approximate surface area is 160 Å². The molecule has 0 bridgehead atoms. The fourth-order valence-corrected chi connectivity index (χ4v) is 6.82. The average molecular weight is 362 g/mol. The number of rotatable bonds is 6. The van der Waals surface area contributed by atoms with Crippen molar-refractivity contribution < 1.29 is 0 Å². The van der Waals surface area contributed by atoms with Crippen molar-refractivity contribution in [1.82, 2.24) is 0 Å². The third-order valence-electron chi connectivity index (χ3n) is 5.65. The third kappa shape index (κ3) is 3.43. The first-order chi connectivity index (χ1) is 12.5. The molecule has 2 aromatic rings. The highest BCUT2D eigenvalue weighted by atomic mass is 28.3. The molecule has 0 radical (unpaired) electrons. The number of hydrogen-bond acceptors (Lipinski definition) is 1. The van der Waals surface area contributed by atoms with Gasteiger partial charge in [0, 0.05) is 5.69 Å². The van der Waals surface area contributed by atoms with Crippen molar-refractivity contribution in [2.45, 2.75) is 39.8 Å². The molecule has 1 aliphatic carbocycles. The molecule has 0 N–H and O–H groups in total. The molecule has 2 atom stereocenters. The molecule has 26 heavy (non-hydrogen) atoms. The van der Waals surface area contributed by atoms with Crippen LogP contribution < -0.4 is 9.75 Å². The van der Waals surface area contributed by atoms with Crippen LogP contribution in [0.3, 0.4) is 0 Å². The lowest BCUT2D eigenvalue weighted by Gasteiger charge is -2.47. The van der Waals surface area contributed by atoms with Gasteiger partial charge < -0.3 is 4.57 Å². The molecule has 0 saturated carbocycles. The van der Waals surface area contributed by atoms with E-state index in [0.29, 0.717) is 11.8 Å². The maximum atomic E-state index is 2.74. The first-order valence-corrected chi connectivity index (χ1v) is 12.0. The van der Waals surface area contributed by atoms with Gasteiger partial charge in [-0.15, -0.1) is 0 Å². The van der Waals surface area contributed by atoms with Crippen molar-refractivity contribution in [2.24, 2.45) is 11.8 Å². The normalized spacial score (nSPS) is 20.5. The Bertz CT molecular complexity index is 776. The van der Waals surface area contributed by atoms with Gasteiger partial charge in [0.05, 0.1) is 5.54 Å². The van der Waals surface area contributed by atoms with Crippen LogP contribution in [0.5, 0.6) is 0 Å². The van der Waals surface area contributed by atoms with Gasteiger partial charge in [-0.1, -0.05) is 101 Å². The molecule has 136 valence electrons. The lowest BCUT2D eigenvalue weighted by Crippen LogP contribution is -2.60. The van der Waals surface area contributed by atoms with Crippen molar-refractivity contribution in [2.75, 3.05) is 4.57 Å². The van der Waals surface area contributed by atoms with E-state index in [1.165, 1.54) is 16.4 Å². The van der Waals surface area contributed by atoms with Gasteiger partial charge in [0.2, 0.25) is 0 Å².